The average molecular weight is 291 g/mol. The van der Waals surface area contributed by atoms with Crippen LogP contribution in [0.2, 0.25) is 0 Å². The minimum Gasteiger partial charge on any atom is -0.292 e. The van der Waals surface area contributed by atoms with Crippen LogP contribution in [0.5, 0.6) is 0 Å². The fourth-order valence-electron chi connectivity index (χ4n) is 2.94. The highest BCUT2D eigenvalue weighted by atomic mass is 16.1. The van der Waals surface area contributed by atoms with E-state index in [0.29, 0.717) is 0 Å². The maximum absolute atomic E-state index is 12.6. The normalized spacial score (nSPS) is 14.5. The van der Waals surface area contributed by atoms with E-state index in [4.69, 9.17) is 0 Å². The molecule has 0 aliphatic carbocycles. The number of ketones is 1. The summed E-state index contributed by atoms with van der Waals surface area (Å²) in [5.41, 5.74) is 5.03. The first-order valence-electron chi connectivity index (χ1n) is 7.71. The van der Waals surface area contributed by atoms with Crippen molar-refractivity contribution >= 4 is 5.78 Å². The molecule has 0 atom stereocenters. The molecule has 0 N–H and O–H groups in total. The highest BCUT2D eigenvalue weighted by Gasteiger charge is 2.11. The summed E-state index contributed by atoms with van der Waals surface area (Å²) >= 11 is 0. The molecule has 0 bridgehead atoms. The molecule has 22 heavy (non-hydrogen) atoms. The Morgan fingerprint density at radius 2 is 1.50 bits per heavy atom. The molecule has 0 fully saturated rings. The average Bonchev–Trinajstić information content (AvgIpc) is 2.99. The van der Waals surface area contributed by atoms with Crippen LogP contribution in [0.25, 0.3) is 0 Å². The Hall–Kier alpha value is -2.19. The zero-order valence-corrected chi connectivity index (χ0v) is 13.2. The number of aryl methyl sites for hydroxylation is 2. The lowest BCUT2D eigenvalue weighted by Gasteiger charge is -2.14. The quantitative estimate of drug-likeness (QED) is 0.629. The van der Waals surface area contributed by atoms with Gasteiger partial charge in [-0.2, -0.15) is 0 Å². The molecule has 2 nitrogen and oxygen atoms in total. The summed E-state index contributed by atoms with van der Waals surface area (Å²) in [5.74, 6) is 0.0983. The van der Waals surface area contributed by atoms with Crippen molar-refractivity contribution in [2.75, 3.05) is 13.1 Å². The summed E-state index contributed by atoms with van der Waals surface area (Å²) < 4.78 is 0. The molecule has 3 rings (SSSR count). The van der Waals surface area contributed by atoms with Gasteiger partial charge < -0.3 is 0 Å². The Balaban J connectivity index is 1.75. The van der Waals surface area contributed by atoms with Gasteiger partial charge in [0.2, 0.25) is 0 Å². The van der Waals surface area contributed by atoms with Crippen LogP contribution in [0.4, 0.5) is 0 Å². The molecule has 0 amide bonds. The van der Waals surface area contributed by atoms with E-state index in [1.54, 1.807) is 0 Å². The van der Waals surface area contributed by atoms with E-state index in [1.807, 2.05) is 38.1 Å². The van der Waals surface area contributed by atoms with Crippen LogP contribution in [0, 0.1) is 13.8 Å². The molecule has 2 heteroatoms. The topological polar surface area (TPSA) is 20.3 Å². The Morgan fingerprint density at radius 1 is 0.909 bits per heavy atom. The van der Waals surface area contributed by atoms with E-state index in [9.17, 15) is 4.79 Å². The van der Waals surface area contributed by atoms with E-state index in [0.717, 1.165) is 41.9 Å². The largest absolute Gasteiger partial charge is 0.292 e. The Bertz CT molecular complexity index is 685. The van der Waals surface area contributed by atoms with Crippen LogP contribution in [0.15, 0.2) is 54.6 Å². The van der Waals surface area contributed by atoms with Crippen molar-refractivity contribution in [3.8, 4) is 0 Å². The number of hydrogen-bond acceptors (Lipinski definition) is 2. The zero-order chi connectivity index (χ0) is 15.5. The van der Waals surface area contributed by atoms with Gasteiger partial charge in [-0.3, -0.25) is 9.69 Å². The fourth-order valence-corrected chi connectivity index (χ4v) is 2.94. The maximum atomic E-state index is 12.6. The molecule has 112 valence electrons. The first-order valence-corrected chi connectivity index (χ1v) is 7.71. The lowest BCUT2D eigenvalue weighted by molar-refractivity contribution is 0.103. The van der Waals surface area contributed by atoms with Gasteiger partial charge >= 0.3 is 0 Å². The molecule has 0 radical (unpaired) electrons. The first kappa shape index (κ1) is 14.7. The summed E-state index contributed by atoms with van der Waals surface area (Å²) in [6, 6.07) is 14.0. The Kier molecular flexibility index (Phi) is 4.21. The number of carbonyl (C=O) groups excluding carboxylic acids is 1. The standard InChI is InChI=1S/C20H21NO/c1-15-11-16(2)13-19(12-15)20(22)18-7-5-17(6-8-18)14-21-9-3-4-10-21/h3-8,11-13H,9-10,14H2,1-2H3. The highest BCUT2D eigenvalue weighted by Crippen LogP contribution is 2.16. The van der Waals surface area contributed by atoms with Crippen LogP contribution < -0.4 is 0 Å². The summed E-state index contributed by atoms with van der Waals surface area (Å²) in [5, 5.41) is 0. The monoisotopic (exact) mass is 291 g/mol. The van der Waals surface area contributed by atoms with Gasteiger partial charge in [-0.05, 0) is 31.5 Å². The molecule has 0 saturated heterocycles. The molecule has 0 saturated carbocycles. The van der Waals surface area contributed by atoms with Crippen molar-refractivity contribution < 1.29 is 4.79 Å². The van der Waals surface area contributed by atoms with E-state index < -0.39 is 0 Å². The van der Waals surface area contributed by atoms with E-state index >= 15 is 0 Å². The maximum Gasteiger partial charge on any atom is 0.193 e. The van der Waals surface area contributed by atoms with Crippen LogP contribution in [0.1, 0.15) is 32.6 Å². The summed E-state index contributed by atoms with van der Waals surface area (Å²) in [7, 11) is 0. The lowest BCUT2D eigenvalue weighted by Crippen LogP contribution is -2.19. The third kappa shape index (κ3) is 3.34. The Morgan fingerprint density at radius 3 is 2.09 bits per heavy atom. The molecule has 0 unspecified atom stereocenters. The molecule has 1 aliphatic heterocycles. The molecular formula is C20H21NO. The van der Waals surface area contributed by atoms with Gasteiger partial charge in [-0.15, -0.1) is 0 Å². The van der Waals surface area contributed by atoms with Gasteiger partial charge in [0.25, 0.3) is 0 Å². The number of hydrogen-bond donors (Lipinski definition) is 0. The molecule has 0 spiro atoms. The highest BCUT2D eigenvalue weighted by molar-refractivity contribution is 6.09. The van der Waals surface area contributed by atoms with E-state index in [2.05, 4.69) is 35.3 Å². The number of nitrogens with zero attached hydrogens (tertiary/aromatic N) is 1. The third-order valence-electron chi connectivity index (χ3n) is 4.00. The number of carbonyl (C=O) groups is 1. The third-order valence-corrected chi connectivity index (χ3v) is 4.00. The minimum atomic E-state index is 0.0983. The smallest absolute Gasteiger partial charge is 0.193 e. The van der Waals surface area contributed by atoms with Crippen LogP contribution in [-0.4, -0.2) is 23.8 Å². The predicted octanol–water partition coefficient (Wildman–Crippen LogP) is 3.91. The van der Waals surface area contributed by atoms with Gasteiger partial charge in [0.05, 0.1) is 0 Å². The van der Waals surface area contributed by atoms with Crippen molar-refractivity contribution in [3.63, 3.8) is 0 Å². The van der Waals surface area contributed by atoms with Crippen LogP contribution in [0.3, 0.4) is 0 Å². The minimum absolute atomic E-state index is 0.0983. The second kappa shape index (κ2) is 6.29. The van der Waals surface area contributed by atoms with Crippen LogP contribution >= 0.6 is 0 Å². The lowest BCUT2D eigenvalue weighted by atomic mass is 9.98. The van der Waals surface area contributed by atoms with Crippen molar-refractivity contribution in [3.05, 3.63) is 82.4 Å². The molecule has 1 aliphatic rings. The van der Waals surface area contributed by atoms with Crippen molar-refractivity contribution in [2.45, 2.75) is 20.4 Å². The van der Waals surface area contributed by atoms with Gasteiger partial charge in [-0.25, -0.2) is 0 Å². The predicted molar refractivity (Wildman–Crippen MR) is 90.2 cm³/mol. The SMILES string of the molecule is Cc1cc(C)cc(C(=O)c2ccc(CN3CC=CC3)cc2)c1. The second-order valence-corrected chi connectivity index (χ2v) is 6.07. The fraction of sp³-hybridized carbons (Fsp3) is 0.250. The van der Waals surface area contributed by atoms with Crippen molar-refractivity contribution in [1.29, 1.82) is 0 Å². The van der Waals surface area contributed by atoms with Gasteiger partial charge in [0.15, 0.2) is 5.78 Å². The second-order valence-electron chi connectivity index (χ2n) is 6.07. The van der Waals surface area contributed by atoms with Crippen LogP contribution in [-0.2, 0) is 6.54 Å². The summed E-state index contributed by atoms with van der Waals surface area (Å²) in [4.78, 5) is 14.9. The molecule has 1 heterocycles. The first-order chi connectivity index (χ1) is 10.6. The summed E-state index contributed by atoms with van der Waals surface area (Å²) in [6.07, 6.45) is 4.38. The van der Waals surface area contributed by atoms with E-state index in [1.165, 1.54) is 5.56 Å². The van der Waals surface area contributed by atoms with Gasteiger partial charge in [-0.1, -0.05) is 53.6 Å². The molecular weight excluding hydrogens is 270 g/mol. The zero-order valence-electron chi connectivity index (χ0n) is 13.2. The van der Waals surface area contributed by atoms with Gasteiger partial charge in [0, 0.05) is 30.8 Å². The number of benzene rings is 2. The van der Waals surface area contributed by atoms with E-state index in [-0.39, 0.29) is 5.78 Å². The summed E-state index contributed by atoms with van der Waals surface area (Å²) in [6.45, 7) is 7.02. The molecule has 2 aromatic rings. The van der Waals surface area contributed by atoms with Crippen molar-refractivity contribution in [1.82, 2.24) is 4.90 Å². The van der Waals surface area contributed by atoms with Gasteiger partial charge in [0.1, 0.15) is 0 Å². The Labute approximate surface area is 132 Å². The molecule has 0 aromatic heterocycles. The number of rotatable bonds is 4. The van der Waals surface area contributed by atoms with Crippen molar-refractivity contribution in [2.24, 2.45) is 0 Å². The molecule has 2 aromatic carbocycles.